The molecule has 0 radical (unpaired) electrons. The van der Waals surface area contributed by atoms with Crippen LogP contribution in [0.1, 0.15) is 31.3 Å². The molecule has 7 heteroatoms. The second-order valence-corrected chi connectivity index (χ2v) is 6.91. The third-order valence-corrected chi connectivity index (χ3v) is 4.44. The van der Waals surface area contributed by atoms with Crippen LogP contribution >= 0.6 is 6.72 Å². The van der Waals surface area contributed by atoms with Crippen LogP contribution in [0.2, 0.25) is 0 Å². The lowest BCUT2D eigenvalue weighted by atomic mass is 10.2. The van der Waals surface area contributed by atoms with Gasteiger partial charge >= 0.3 is 6.72 Å². The average molecular weight is 276 g/mol. The van der Waals surface area contributed by atoms with E-state index in [1.807, 2.05) is 20.8 Å². The minimum absolute atomic E-state index is 0.222. The van der Waals surface area contributed by atoms with Crippen LogP contribution in [-0.4, -0.2) is 24.2 Å². The van der Waals surface area contributed by atoms with E-state index in [0.29, 0.717) is 11.7 Å². The molecule has 1 aromatic heterocycles. The first-order valence-electron chi connectivity index (χ1n) is 5.17. The maximum Gasteiger partial charge on any atom is 0.381 e. The monoisotopic (exact) mass is 276 g/mol. The molecule has 0 spiro atoms. The normalized spacial score (nSPS) is 11.9. The van der Waals surface area contributed by atoms with Gasteiger partial charge in [0.15, 0.2) is 0 Å². The summed E-state index contributed by atoms with van der Waals surface area (Å²) in [5.74, 6) is 1.34. The van der Waals surface area contributed by atoms with Gasteiger partial charge in [-0.05, 0) is 6.92 Å². The maximum atomic E-state index is 5.50. The van der Waals surface area contributed by atoms with Crippen molar-refractivity contribution in [3.8, 4) is 5.88 Å². The first kappa shape index (κ1) is 14.5. The Hall–Kier alpha value is -0.550. The molecule has 0 saturated heterocycles. The summed E-state index contributed by atoms with van der Waals surface area (Å²) in [6, 6.07) is 1.71. The summed E-state index contributed by atoms with van der Waals surface area (Å²) in [6.07, 6.45) is 0. The van der Waals surface area contributed by atoms with Crippen molar-refractivity contribution in [1.82, 2.24) is 9.97 Å². The summed E-state index contributed by atoms with van der Waals surface area (Å²) in [4.78, 5) is 8.60. The highest BCUT2D eigenvalue weighted by Gasteiger charge is 2.20. The van der Waals surface area contributed by atoms with E-state index in [1.54, 1.807) is 6.07 Å². The van der Waals surface area contributed by atoms with Crippen LogP contribution in [0.3, 0.4) is 0 Å². The predicted octanol–water partition coefficient (Wildman–Crippen LogP) is 2.80. The molecule has 1 heterocycles. The highest BCUT2D eigenvalue weighted by molar-refractivity contribution is 8.07. The molecule has 1 aromatic rings. The molecule has 0 aliphatic heterocycles. The van der Waals surface area contributed by atoms with Crippen molar-refractivity contribution in [2.75, 3.05) is 14.2 Å². The van der Waals surface area contributed by atoms with Crippen LogP contribution < -0.4 is 4.52 Å². The summed E-state index contributed by atoms with van der Waals surface area (Å²) < 4.78 is 15.6. The zero-order chi connectivity index (χ0) is 13.1. The lowest BCUT2D eigenvalue weighted by Gasteiger charge is -2.18. The second-order valence-electron chi connectivity index (χ2n) is 3.76. The lowest BCUT2D eigenvalue weighted by Crippen LogP contribution is -2.04. The van der Waals surface area contributed by atoms with Crippen LogP contribution in [0, 0.1) is 6.92 Å². The van der Waals surface area contributed by atoms with Crippen LogP contribution in [0.15, 0.2) is 6.07 Å². The van der Waals surface area contributed by atoms with E-state index < -0.39 is 6.72 Å². The van der Waals surface area contributed by atoms with Crippen molar-refractivity contribution >= 4 is 18.5 Å². The number of hydrogen-bond acceptors (Lipinski definition) is 6. The van der Waals surface area contributed by atoms with E-state index in [1.165, 1.54) is 14.2 Å². The number of nitrogens with zero attached hydrogens (tertiary/aromatic N) is 2. The maximum absolute atomic E-state index is 5.50. The molecule has 0 fully saturated rings. The highest BCUT2D eigenvalue weighted by Crippen LogP contribution is 2.47. The Morgan fingerprint density at radius 1 is 1.24 bits per heavy atom. The Bertz CT molecular complexity index is 432. The molecule has 1 rings (SSSR count). The topological polar surface area (TPSA) is 53.5 Å². The van der Waals surface area contributed by atoms with Crippen molar-refractivity contribution in [1.29, 1.82) is 0 Å². The van der Waals surface area contributed by atoms with Gasteiger partial charge in [-0.25, -0.2) is 4.98 Å². The van der Waals surface area contributed by atoms with E-state index >= 15 is 0 Å². The minimum Gasteiger partial charge on any atom is -0.406 e. The van der Waals surface area contributed by atoms with Crippen molar-refractivity contribution in [2.24, 2.45) is 0 Å². The fourth-order valence-electron chi connectivity index (χ4n) is 1.13. The quantitative estimate of drug-likeness (QED) is 0.771. The first-order valence-corrected chi connectivity index (χ1v) is 7.72. The van der Waals surface area contributed by atoms with Gasteiger partial charge in [-0.1, -0.05) is 13.8 Å². The number of hydrogen-bond donors (Lipinski definition) is 0. The molecule has 5 nitrogen and oxygen atoms in total. The van der Waals surface area contributed by atoms with Gasteiger partial charge in [0.2, 0.25) is 5.88 Å². The zero-order valence-electron chi connectivity index (χ0n) is 10.6. The molecule has 96 valence electrons. The van der Waals surface area contributed by atoms with E-state index in [0.717, 1.165) is 5.69 Å². The van der Waals surface area contributed by atoms with Crippen LogP contribution in [-0.2, 0) is 20.9 Å². The molecular weight excluding hydrogens is 259 g/mol. The molecule has 0 atom stereocenters. The number of rotatable bonds is 5. The summed E-state index contributed by atoms with van der Waals surface area (Å²) in [5.41, 5.74) is 0.826. The fraction of sp³-hybridized carbons (Fsp3) is 0.600. The molecule has 0 unspecified atom stereocenters. The SMILES string of the molecule is COP(=S)(OC)Oc1cc(C)nc(C(C)C)n1. The van der Waals surface area contributed by atoms with Gasteiger partial charge in [0, 0.05) is 43.7 Å². The van der Waals surface area contributed by atoms with Gasteiger partial charge in [0.25, 0.3) is 0 Å². The number of aryl methyl sites for hydroxylation is 1. The van der Waals surface area contributed by atoms with Crippen LogP contribution in [0.5, 0.6) is 5.88 Å². The van der Waals surface area contributed by atoms with Gasteiger partial charge in [-0.15, -0.1) is 0 Å². The van der Waals surface area contributed by atoms with Crippen molar-refractivity contribution in [2.45, 2.75) is 26.7 Å². The van der Waals surface area contributed by atoms with Crippen LogP contribution in [0.25, 0.3) is 0 Å². The number of aromatic nitrogens is 2. The van der Waals surface area contributed by atoms with E-state index in [9.17, 15) is 0 Å². The summed E-state index contributed by atoms with van der Waals surface area (Å²) in [6.45, 7) is 3.18. The van der Waals surface area contributed by atoms with Gasteiger partial charge < -0.3 is 13.6 Å². The lowest BCUT2D eigenvalue weighted by molar-refractivity contribution is 0.270. The minimum atomic E-state index is -2.73. The van der Waals surface area contributed by atoms with Gasteiger partial charge in [0.1, 0.15) is 5.82 Å². The Morgan fingerprint density at radius 3 is 2.29 bits per heavy atom. The summed E-state index contributed by atoms with van der Waals surface area (Å²) >= 11 is 5.12. The fourth-order valence-corrected chi connectivity index (χ4v) is 1.98. The third-order valence-electron chi connectivity index (χ3n) is 2.02. The standard InChI is InChI=1S/C10H17N2O3PS/c1-7(2)10-11-8(3)6-9(12-10)15-16(17,13-4)14-5/h6-7H,1-5H3. The zero-order valence-corrected chi connectivity index (χ0v) is 12.3. The Kier molecular flexibility index (Phi) is 5.01. The second kappa shape index (κ2) is 5.87. The Labute approximate surface area is 107 Å². The molecule has 0 aromatic carbocycles. The van der Waals surface area contributed by atoms with Crippen molar-refractivity contribution in [3.05, 3.63) is 17.6 Å². The van der Waals surface area contributed by atoms with Crippen molar-refractivity contribution < 1.29 is 13.6 Å². The van der Waals surface area contributed by atoms with Crippen LogP contribution in [0.4, 0.5) is 0 Å². The largest absolute Gasteiger partial charge is 0.406 e. The molecule has 0 bridgehead atoms. The smallest absolute Gasteiger partial charge is 0.381 e. The van der Waals surface area contributed by atoms with Gasteiger partial charge in [-0.2, -0.15) is 4.98 Å². The predicted molar refractivity (Wildman–Crippen MR) is 69.8 cm³/mol. The van der Waals surface area contributed by atoms with E-state index in [4.69, 9.17) is 25.4 Å². The average Bonchev–Trinajstić information content (AvgIpc) is 2.28. The summed E-state index contributed by atoms with van der Waals surface area (Å²) in [5, 5.41) is 0. The van der Waals surface area contributed by atoms with Gasteiger partial charge in [0.05, 0.1) is 0 Å². The van der Waals surface area contributed by atoms with Crippen molar-refractivity contribution in [3.63, 3.8) is 0 Å². The molecule has 0 aliphatic rings. The summed E-state index contributed by atoms with van der Waals surface area (Å²) in [7, 11) is 2.92. The van der Waals surface area contributed by atoms with E-state index in [2.05, 4.69) is 9.97 Å². The molecule has 0 saturated carbocycles. The molecule has 0 N–H and O–H groups in total. The first-order chi connectivity index (χ1) is 7.90. The Balaban J connectivity index is 3.03. The van der Waals surface area contributed by atoms with E-state index in [-0.39, 0.29) is 5.92 Å². The molecule has 0 aliphatic carbocycles. The molecule has 0 amide bonds. The third kappa shape index (κ3) is 4.00. The van der Waals surface area contributed by atoms with Gasteiger partial charge in [-0.3, -0.25) is 0 Å². The highest BCUT2D eigenvalue weighted by atomic mass is 32.5. The Morgan fingerprint density at radius 2 is 1.82 bits per heavy atom. The molecular formula is C10H17N2O3PS. The molecule has 17 heavy (non-hydrogen) atoms.